The van der Waals surface area contributed by atoms with Gasteiger partial charge in [0.1, 0.15) is 23.1 Å². The summed E-state index contributed by atoms with van der Waals surface area (Å²) in [7, 11) is -3.45. The molecule has 0 spiro atoms. The van der Waals surface area contributed by atoms with Crippen LogP contribution >= 0.6 is 0 Å². The van der Waals surface area contributed by atoms with Crippen LogP contribution in [0.4, 0.5) is 5.82 Å². The number of carbonyl (C=O) groups excluding carboxylic acids is 2. The second-order valence-electron chi connectivity index (χ2n) is 11.7. The first-order chi connectivity index (χ1) is 22.2. The van der Waals surface area contributed by atoms with Crippen LogP contribution in [0, 0.1) is 0 Å². The van der Waals surface area contributed by atoms with Gasteiger partial charge in [-0.15, -0.1) is 0 Å². The fourth-order valence-corrected chi connectivity index (χ4v) is 6.71. The van der Waals surface area contributed by atoms with Crippen LogP contribution < -0.4 is 10.1 Å². The molecular weight excluding hydrogens is 604 g/mol. The van der Waals surface area contributed by atoms with Gasteiger partial charge in [0.25, 0.3) is 0 Å². The highest BCUT2D eigenvalue weighted by atomic mass is 32.2. The molecule has 1 unspecified atom stereocenters. The molecule has 12 heteroatoms. The second kappa shape index (κ2) is 11.7. The summed E-state index contributed by atoms with van der Waals surface area (Å²) in [6, 6.07) is 16.7. The maximum Gasteiger partial charge on any atom is 0.233 e. The summed E-state index contributed by atoms with van der Waals surface area (Å²) in [5.41, 5.74) is 6.34. The van der Waals surface area contributed by atoms with Gasteiger partial charge in [-0.05, 0) is 66.8 Å². The number of likely N-dealkylation sites (tertiary alicyclic amines) is 1. The Morgan fingerprint density at radius 3 is 2.63 bits per heavy atom. The molecule has 2 N–H and O–H groups in total. The van der Waals surface area contributed by atoms with Crippen molar-refractivity contribution in [2.24, 2.45) is 0 Å². The monoisotopic (exact) mass is 636 g/mol. The minimum atomic E-state index is -3.45. The van der Waals surface area contributed by atoms with Crippen LogP contribution in [0.2, 0.25) is 0 Å². The maximum atomic E-state index is 12.8. The third-order valence-electron chi connectivity index (χ3n) is 8.57. The maximum absolute atomic E-state index is 12.8. The Balaban J connectivity index is 1.22. The Morgan fingerprint density at radius 2 is 1.89 bits per heavy atom. The number of anilines is 1. The van der Waals surface area contributed by atoms with E-state index in [0.29, 0.717) is 49.1 Å². The molecule has 1 atom stereocenters. The lowest BCUT2D eigenvalue weighted by Gasteiger charge is -2.19. The zero-order valence-corrected chi connectivity index (χ0v) is 26.2. The van der Waals surface area contributed by atoms with Crippen molar-refractivity contribution >= 4 is 38.5 Å². The average molecular weight is 637 g/mol. The highest BCUT2D eigenvalue weighted by molar-refractivity contribution is 7.90. The molecule has 3 aromatic heterocycles. The number of aromatic amines is 1. The second-order valence-corrected chi connectivity index (χ2v) is 13.7. The van der Waals surface area contributed by atoms with Gasteiger partial charge < -0.3 is 19.9 Å². The number of nitrogens with zero attached hydrogens (tertiary/aromatic N) is 4. The number of carbonyl (C=O) groups is 2. The Bertz CT molecular complexity index is 2110. The molecule has 0 saturated carbocycles. The van der Waals surface area contributed by atoms with E-state index in [4.69, 9.17) is 9.72 Å². The molecule has 2 aromatic carbocycles. The van der Waals surface area contributed by atoms with Crippen molar-refractivity contribution in [3.63, 3.8) is 0 Å². The largest absolute Gasteiger partial charge is 0.455 e. The number of amides is 2. The lowest BCUT2D eigenvalue weighted by molar-refractivity contribution is -0.128. The van der Waals surface area contributed by atoms with Gasteiger partial charge in [0, 0.05) is 48.7 Å². The number of sulfone groups is 1. The molecule has 2 amide bonds. The third kappa shape index (κ3) is 5.71. The first kappa shape index (κ1) is 29.6. The molecule has 2 aliphatic heterocycles. The normalized spacial score (nSPS) is 16.2. The van der Waals surface area contributed by atoms with Crippen molar-refractivity contribution in [1.29, 1.82) is 0 Å². The summed E-state index contributed by atoms with van der Waals surface area (Å²) in [5, 5.41) is 2.85. The van der Waals surface area contributed by atoms with Crippen molar-refractivity contribution in [2.45, 2.75) is 50.1 Å². The summed E-state index contributed by atoms with van der Waals surface area (Å²) in [6.45, 7) is 3.16. The van der Waals surface area contributed by atoms with Crippen LogP contribution in [-0.2, 0) is 38.8 Å². The number of hydrogen-bond acceptors (Lipinski definition) is 8. The predicted octanol–water partition coefficient (Wildman–Crippen LogP) is 5.18. The van der Waals surface area contributed by atoms with Crippen molar-refractivity contribution in [3.8, 4) is 22.9 Å². The average Bonchev–Trinajstić information content (AvgIpc) is 3.73. The van der Waals surface area contributed by atoms with Gasteiger partial charge >= 0.3 is 0 Å². The summed E-state index contributed by atoms with van der Waals surface area (Å²) in [6.07, 6.45) is 6.84. The van der Waals surface area contributed by atoms with Gasteiger partial charge in [-0.3, -0.25) is 9.59 Å². The zero-order valence-electron chi connectivity index (χ0n) is 25.4. The van der Waals surface area contributed by atoms with Gasteiger partial charge in [-0.2, -0.15) is 0 Å². The molecule has 46 heavy (non-hydrogen) atoms. The van der Waals surface area contributed by atoms with E-state index < -0.39 is 9.84 Å². The van der Waals surface area contributed by atoms with Crippen molar-refractivity contribution in [2.75, 3.05) is 18.1 Å². The van der Waals surface area contributed by atoms with E-state index in [-0.39, 0.29) is 22.8 Å². The number of benzene rings is 2. The van der Waals surface area contributed by atoms with Crippen LogP contribution in [0.1, 0.15) is 47.9 Å². The lowest BCUT2D eigenvalue weighted by Crippen LogP contribution is -2.24. The minimum absolute atomic E-state index is 0.0426. The molecule has 1 fully saturated rings. The van der Waals surface area contributed by atoms with Gasteiger partial charge in [0.05, 0.1) is 23.1 Å². The molecule has 1 saturated heterocycles. The number of hydrogen-bond donors (Lipinski definition) is 2. The van der Waals surface area contributed by atoms with E-state index in [0.717, 1.165) is 57.9 Å². The standard InChI is InChI=1S/C34H32N6O5S/c1-3-20-15-27-28(16-23(20)14-26-25-6-4-12-35-33(25)39-34(26)42)38-32(37-27)21-8-9-22(19-40-13-5-7-31(40)41)29(17-21)45-24-10-11-30(36-18-24)46(2,43)44/h4,6,8-12,15-18,26H,3,5,7,13-14,19H2,1-2H3,(H,37,38)(H,35,39,42). The van der Waals surface area contributed by atoms with Crippen LogP contribution in [-0.4, -0.2) is 57.9 Å². The number of nitrogens with one attached hydrogen (secondary N) is 2. The van der Waals surface area contributed by atoms with E-state index in [2.05, 4.69) is 39.3 Å². The van der Waals surface area contributed by atoms with E-state index >= 15 is 0 Å². The van der Waals surface area contributed by atoms with E-state index in [1.54, 1.807) is 17.2 Å². The highest BCUT2D eigenvalue weighted by Gasteiger charge is 2.32. The number of ether oxygens (including phenoxy) is 1. The van der Waals surface area contributed by atoms with Crippen molar-refractivity contribution in [3.05, 3.63) is 89.2 Å². The lowest BCUT2D eigenvalue weighted by atomic mass is 9.90. The van der Waals surface area contributed by atoms with Crippen LogP contribution in [0.25, 0.3) is 22.4 Å². The van der Waals surface area contributed by atoms with Gasteiger partial charge in [0.2, 0.25) is 11.8 Å². The van der Waals surface area contributed by atoms with Gasteiger partial charge in [-0.25, -0.2) is 23.4 Å². The molecule has 5 aromatic rings. The SMILES string of the molecule is CCc1cc2nc(-c3ccc(CN4CCCC4=O)c(Oc4ccc(S(C)(=O)=O)nc4)c3)[nH]c2cc1CC1C(=O)Nc2ncccc21. The smallest absolute Gasteiger partial charge is 0.233 e. The molecular formula is C34H32N6O5S. The Hall–Kier alpha value is -5.10. The Kier molecular flexibility index (Phi) is 7.52. The number of imidazole rings is 1. The first-order valence-corrected chi connectivity index (χ1v) is 17.1. The third-order valence-corrected chi connectivity index (χ3v) is 9.57. The van der Waals surface area contributed by atoms with Gasteiger partial charge in [-0.1, -0.05) is 25.1 Å². The molecule has 0 radical (unpaired) electrons. The number of rotatable bonds is 9. The van der Waals surface area contributed by atoms with Crippen molar-refractivity contribution < 1.29 is 22.7 Å². The number of aromatic nitrogens is 4. The summed E-state index contributed by atoms with van der Waals surface area (Å²) in [5.74, 6) is 1.88. The number of pyridine rings is 2. The molecule has 7 rings (SSSR count). The fourth-order valence-electron chi connectivity index (χ4n) is 6.15. The molecule has 2 aliphatic rings. The summed E-state index contributed by atoms with van der Waals surface area (Å²) >= 11 is 0. The van der Waals surface area contributed by atoms with Crippen LogP contribution in [0.15, 0.2) is 72.0 Å². The first-order valence-electron chi connectivity index (χ1n) is 15.2. The predicted molar refractivity (Wildman–Crippen MR) is 172 cm³/mol. The van der Waals surface area contributed by atoms with E-state index in [9.17, 15) is 18.0 Å². The molecule has 5 heterocycles. The van der Waals surface area contributed by atoms with E-state index in [1.807, 2.05) is 30.3 Å². The summed E-state index contributed by atoms with van der Waals surface area (Å²) < 4.78 is 30.0. The van der Waals surface area contributed by atoms with Gasteiger partial charge in [0.15, 0.2) is 14.9 Å². The highest BCUT2D eigenvalue weighted by Crippen LogP contribution is 2.36. The number of aryl methyl sites for hydroxylation is 1. The number of H-pyrrole nitrogens is 1. The molecule has 11 nitrogen and oxygen atoms in total. The van der Waals surface area contributed by atoms with E-state index in [1.165, 1.54) is 12.3 Å². The Labute approximate surface area is 266 Å². The van der Waals surface area contributed by atoms with Crippen LogP contribution in [0.3, 0.4) is 0 Å². The number of fused-ring (bicyclic) bond motifs is 2. The fraction of sp³-hybridized carbons (Fsp3) is 0.265. The summed E-state index contributed by atoms with van der Waals surface area (Å²) in [4.78, 5) is 43.8. The molecule has 0 bridgehead atoms. The zero-order chi connectivity index (χ0) is 32.0. The topological polar surface area (TPSA) is 147 Å². The minimum Gasteiger partial charge on any atom is -0.455 e. The van der Waals surface area contributed by atoms with Crippen LogP contribution in [0.5, 0.6) is 11.5 Å². The van der Waals surface area contributed by atoms with Crippen molar-refractivity contribution in [1.82, 2.24) is 24.8 Å². The molecule has 0 aliphatic carbocycles. The molecule has 234 valence electrons. The quantitative estimate of drug-likeness (QED) is 0.225. The Morgan fingerprint density at radius 1 is 1.02 bits per heavy atom.